The van der Waals surface area contributed by atoms with E-state index < -0.39 is 0 Å². The third-order valence-electron chi connectivity index (χ3n) is 6.56. The molecule has 1 heterocycles. The Morgan fingerprint density at radius 2 is 1.66 bits per heavy atom. The van der Waals surface area contributed by atoms with Gasteiger partial charge in [0.05, 0.1) is 6.54 Å². The molecule has 1 aliphatic heterocycles. The van der Waals surface area contributed by atoms with Gasteiger partial charge in [-0.15, -0.1) is 0 Å². The molecule has 6 heteroatoms. The van der Waals surface area contributed by atoms with E-state index in [2.05, 4.69) is 35.9 Å². The Morgan fingerprint density at radius 1 is 1.03 bits per heavy atom. The average molecular weight is 440 g/mol. The van der Waals surface area contributed by atoms with Crippen molar-refractivity contribution >= 4 is 29.1 Å². The number of benzene rings is 1. The van der Waals surface area contributed by atoms with Crippen LogP contribution in [0.3, 0.4) is 0 Å². The summed E-state index contributed by atoms with van der Waals surface area (Å²) in [5.41, 5.74) is 1.48. The number of carbonyl (C=O) groups excluding carboxylic acids is 1. The molecule has 1 aromatic rings. The molecular weight excluding hydrogens is 405 g/mol. The van der Waals surface area contributed by atoms with Crippen molar-refractivity contribution in [1.29, 1.82) is 0 Å². The Kier molecular flexibility index (Phi) is 7.88. The quantitative estimate of drug-likeness (QED) is 0.712. The van der Waals surface area contributed by atoms with E-state index in [1.165, 1.54) is 12.8 Å². The largest absolute Gasteiger partial charge is 0.352 e. The predicted octanol–water partition coefficient (Wildman–Crippen LogP) is 4.83. The van der Waals surface area contributed by atoms with Crippen molar-refractivity contribution in [2.75, 3.05) is 32.7 Å². The topological polar surface area (TPSA) is 35.6 Å². The van der Waals surface area contributed by atoms with Gasteiger partial charge in [0.15, 0.2) is 0 Å². The molecule has 29 heavy (non-hydrogen) atoms. The summed E-state index contributed by atoms with van der Waals surface area (Å²) in [7, 11) is 0. The van der Waals surface area contributed by atoms with E-state index in [1.807, 2.05) is 12.1 Å². The van der Waals surface area contributed by atoms with Crippen LogP contribution >= 0.6 is 23.2 Å². The summed E-state index contributed by atoms with van der Waals surface area (Å²) in [6, 6.07) is 6.04. The van der Waals surface area contributed by atoms with Gasteiger partial charge < -0.3 is 5.32 Å². The Balaban J connectivity index is 1.37. The standard InChI is InChI=1S/C23H35Cl2N3O/c1-23(2,3)18-5-8-20(9-6-18)26-22(29)16-28-12-10-27(11-13-28)15-17-4-7-19(24)14-21(17)25/h4,7,14,18,20H,5-6,8-13,15-16H2,1-3H3,(H,26,29). The van der Waals surface area contributed by atoms with Gasteiger partial charge in [0.2, 0.25) is 5.91 Å². The SMILES string of the molecule is CC(C)(C)C1CCC(NC(=O)CN2CCN(Cc3ccc(Cl)cc3Cl)CC2)CC1. The monoisotopic (exact) mass is 439 g/mol. The number of carbonyl (C=O) groups is 1. The number of hydrogen-bond donors (Lipinski definition) is 1. The number of nitrogens with zero attached hydrogens (tertiary/aromatic N) is 2. The molecule has 1 saturated carbocycles. The maximum absolute atomic E-state index is 12.5. The molecule has 1 saturated heterocycles. The van der Waals surface area contributed by atoms with Gasteiger partial charge in [0.1, 0.15) is 0 Å². The first-order chi connectivity index (χ1) is 13.7. The lowest BCUT2D eigenvalue weighted by molar-refractivity contribution is -0.123. The number of halogens is 2. The predicted molar refractivity (Wildman–Crippen MR) is 122 cm³/mol. The second-order valence-corrected chi connectivity index (χ2v) is 10.6. The molecule has 1 aliphatic carbocycles. The zero-order valence-corrected chi connectivity index (χ0v) is 19.5. The van der Waals surface area contributed by atoms with Gasteiger partial charge in [-0.25, -0.2) is 0 Å². The summed E-state index contributed by atoms with van der Waals surface area (Å²) in [5, 5.41) is 4.67. The lowest BCUT2D eigenvalue weighted by atomic mass is 9.71. The van der Waals surface area contributed by atoms with Crippen LogP contribution in [0.5, 0.6) is 0 Å². The molecule has 1 N–H and O–H groups in total. The molecule has 162 valence electrons. The van der Waals surface area contributed by atoms with Crippen molar-refractivity contribution in [3.05, 3.63) is 33.8 Å². The van der Waals surface area contributed by atoms with E-state index in [-0.39, 0.29) is 5.91 Å². The fourth-order valence-electron chi connectivity index (χ4n) is 4.58. The Morgan fingerprint density at radius 3 is 2.24 bits per heavy atom. The number of rotatable bonds is 5. The lowest BCUT2D eigenvalue weighted by Crippen LogP contribution is -2.50. The number of hydrogen-bond acceptors (Lipinski definition) is 3. The van der Waals surface area contributed by atoms with Gasteiger partial charge in [0, 0.05) is 48.8 Å². The van der Waals surface area contributed by atoms with E-state index in [9.17, 15) is 4.79 Å². The van der Waals surface area contributed by atoms with Gasteiger partial charge in [0.25, 0.3) is 0 Å². The molecule has 0 bridgehead atoms. The van der Waals surface area contributed by atoms with Crippen molar-refractivity contribution in [1.82, 2.24) is 15.1 Å². The number of nitrogens with one attached hydrogen (secondary N) is 1. The van der Waals surface area contributed by atoms with E-state index >= 15 is 0 Å². The minimum absolute atomic E-state index is 0.179. The van der Waals surface area contributed by atoms with Crippen LogP contribution < -0.4 is 5.32 Å². The molecule has 1 aromatic carbocycles. The highest BCUT2D eigenvalue weighted by atomic mass is 35.5. The molecule has 4 nitrogen and oxygen atoms in total. The van der Waals surface area contributed by atoms with E-state index in [1.54, 1.807) is 6.07 Å². The Bertz CT molecular complexity index is 688. The summed E-state index contributed by atoms with van der Waals surface area (Å²) in [6.07, 6.45) is 4.67. The zero-order chi connectivity index (χ0) is 21.0. The summed E-state index contributed by atoms with van der Waals surface area (Å²) >= 11 is 12.3. The Labute approximate surface area is 185 Å². The highest BCUT2D eigenvalue weighted by Crippen LogP contribution is 2.37. The van der Waals surface area contributed by atoms with Crippen LogP contribution in [0.1, 0.15) is 52.0 Å². The van der Waals surface area contributed by atoms with Crippen LogP contribution in [0.15, 0.2) is 18.2 Å². The van der Waals surface area contributed by atoms with Crippen LogP contribution in [0.2, 0.25) is 10.0 Å². The summed E-state index contributed by atoms with van der Waals surface area (Å²) < 4.78 is 0. The molecule has 1 amide bonds. The minimum atomic E-state index is 0.179. The molecule has 0 spiro atoms. The first-order valence-electron chi connectivity index (χ1n) is 10.9. The second kappa shape index (κ2) is 10.00. The lowest BCUT2D eigenvalue weighted by Gasteiger charge is -2.38. The third kappa shape index (κ3) is 6.85. The summed E-state index contributed by atoms with van der Waals surface area (Å²) in [5.74, 6) is 0.955. The first kappa shape index (κ1) is 22.9. The van der Waals surface area contributed by atoms with Crippen molar-refractivity contribution in [3.63, 3.8) is 0 Å². The van der Waals surface area contributed by atoms with Crippen molar-refractivity contribution in [2.24, 2.45) is 11.3 Å². The van der Waals surface area contributed by atoms with Crippen LogP contribution in [0, 0.1) is 11.3 Å². The first-order valence-corrected chi connectivity index (χ1v) is 11.6. The van der Waals surface area contributed by atoms with E-state index in [4.69, 9.17) is 23.2 Å². The van der Waals surface area contributed by atoms with Crippen LogP contribution in [-0.4, -0.2) is 54.5 Å². The summed E-state index contributed by atoms with van der Waals surface area (Å²) in [6.45, 7) is 12.0. The molecule has 0 aromatic heterocycles. The van der Waals surface area contributed by atoms with Gasteiger partial charge in [-0.3, -0.25) is 14.6 Å². The maximum Gasteiger partial charge on any atom is 0.234 e. The molecule has 0 radical (unpaired) electrons. The normalized spacial score (nSPS) is 24.4. The fourth-order valence-corrected chi connectivity index (χ4v) is 5.04. The van der Waals surface area contributed by atoms with Gasteiger partial charge in [-0.2, -0.15) is 0 Å². The van der Waals surface area contributed by atoms with Gasteiger partial charge in [-0.05, 0) is 54.7 Å². The average Bonchev–Trinajstić information content (AvgIpc) is 2.65. The zero-order valence-electron chi connectivity index (χ0n) is 18.0. The Hall–Kier alpha value is -0.810. The number of piperazine rings is 1. The fraction of sp³-hybridized carbons (Fsp3) is 0.696. The highest BCUT2D eigenvalue weighted by Gasteiger charge is 2.30. The molecule has 2 aliphatic rings. The minimum Gasteiger partial charge on any atom is -0.352 e. The smallest absolute Gasteiger partial charge is 0.234 e. The van der Waals surface area contributed by atoms with Crippen LogP contribution in [0.4, 0.5) is 0 Å². The van der Waals surface area contributed by atoms with Crippen LogP contribution in [0.25, 0.3) is 0 Å². The van der Waals surface area contributed by atoms with Gasteiger partial charge >= 0.3 is 0 Å². The summed E-state index contributed by atoms with van der Waals surface area (Å²) in [4.78, 5) is 17.2. The molecule has 2 fully saturated rings. The van der Waals surface area contributed by atoms with Crippen LogP contribution in [-0.2, 0) is 11.3 Å². The molecule has 3 rings (SSSR count). The van der Waals surface area contributed by atoms with Gasteiger partial charge in [-0.1, -0.05) is 50.0 Å². The van der Waals surface area contributed by atoms with Crippen molar-refractivity contribution < 1.29 is 4.79 Å². The number of amides is 1. The highest BCUT2D eigenvalue weighted by molar-refractivity contribution is 6.35. The van der Waals surface area contributed by atoms with Crippen molar-refractivity contribution in [3.8, 4) is 0 Å². The third-order valence-corrected chi connectivity index (χ3v) is 7.15. The maximum atomic E-state index is 12.5. The van der Waals surface area contributed by atoms with E-state index in [0.717, 1.165) is 62.1 Å². The second-order valence-electron chi connectivity index (χ2n) is 9.77. The molecule has 0 unspecified atom stereocenters. The van der Waals surface area contributed by atoms with E-state index in [0.29, 0.717) is 23.0 Å². The van der Waals surface area contributed by atoms with Crippen molar-refractivity contribution in [2.45, 2.75) is 59.0 Å². The molecule has 0 atom stereocenters. The molecular formula is C23H35Cl2N3O.